The van der Waals surface area contributed by atoms with Crippen molar-refractivity contribution in [2.75, 3.05) is 0 Å². The molecule has 2 nitrogen and oxygen atoms in total. The van der Waals surface area contributed by atoms with E-state index in [9.17, 15) is 4.39 Å². The summed E-state index contributed by atoms with van der Waals surface area (Å²) in [6, 6.07) is 9.51. The Balaban J connectivity index is 2.15. The van der Waals surface area contributed by atoms with E-state index in [0.29, 0.717) is 26.9 Å². The van der Waals surface area contributed by atoms with E-state index in [0.717, 1.165) is 0 Å². The Morgan fingerprint density at radius 2 is 2.00 bits per heavy atom. The van der Waals surface area contributed by atoms with E-state index in [2.05, 4.69) is 0 Å². The summed E-state index contributed by atoms with van der Waals surface area (Å²) in [6.07, 6.45) is 0. The van der Waals surface area contributed by atoms with Gasteiger partial charge in [-0.1, -0.05) is 53.6 Å². The number of hydrogen-bond donors (Lipinski definition) is 1. The van der Waals surface area contributed by atoms with E-state index in [1.54, 1.807) is 30.3 Å². The van der Waals surface area contributed by atoms with E-state index in [1.165, 1.54) is 6.07 Å². The van der Waals surface area contributed by atoms with Crippen molar-refractivity contribution in [2.24, 2.45) is 5.73 Å². The first-order valence-electron chi connectivity index (χ1n) is 5.64. The van der Waals surface area contributed by atoms with Crippen LogP contribution in [0.15, 0.2) is 36.4 Å². The fourth-order valence-electron chi connectivity index (χ4n) is 1.57. The molecule has 0 fully saturated rings. The second-order valence-corrected chi connectivity index (χ2v) is 5.24. The van der Waals surface area contributed by atoms with Crippen molar-refractivity contribution < 1.29 is 9.13 Å². The first-order chi connectivity index (χ1) is 9.49. The van der Waals surface area contributed by atoms with Crippen LogP contribution in [0.25, 0.3) is 0 Å². The number of benzene rings is 2. The minimum atomic E-state index is -0.437. The average molecular weight is 330 g/mol. The Labute approximate surface area is 131 Å². The summed E-state index contributed by atoms with van der Waals surface area (Å²) in [5, 5.41) is 0.683. The number of thiocarbonyl (C=S) groups is 1. The first kappa shape index (κ1) is 15.0. The first-order valence-corrected chi connectivity index (χ1v) is 6.80. The standard InChI is InChI=1S/C14H10Cl2FNOS/c15-10-2-1-3-12(13(10)16)19-7-9-5-4-8(14(18)20)6-11(9)17/h1-6H,7H2,(H2,18,20). The molecule has 2 rings (SSSR count). The summed E-state index contributed by atoms with van der Waals surface area (Å²) in [4.78, 5) is 0.147. The molecular formula is C14H10Cl2FNOS. The highest BCUT2D eigenvalue weighted by Gasteiger charge is 2.09. The summed E-state index contributed by atoms with van der Waals surface area (Å²) in [5.41, 5.74) is 6.29. The van der Waals surface area contributed by atoms with Crippen molar-refractivity contribution in [3.63, 3.8) is 0 Å². The maximum Gasteiger partial charge on any atom is 0.139 e. The van der Waals surface area contributed by atoms with Gasteiger partial charge in [-0.2, -0.15) is 0 Å². The molecule has 6 heteroatoms. The van der Waals surface area contributed by atoms with Gasteiger partial charge in [0.05, 0.1) is 5.02 Å². The lowest BCUT2D eigenvalue weighted by atomic mass is 10.1. The third kappa shape index (κ3) is 3.39. The zero-order valence-electron chi connectivity index (χ0n) is 10.2. The van der Waals surface area contributed by atoms with Gasteiger partial charge in [-0.05, 0) is 18.2 Å². The van der Waals surface area contributed by atoms with E-state index in [1.807, 2.05) is 0 Å². The van der Waals surface area contributed by atoms with Gasteiger partial charge in [0, 0.05) is 11.1 Å². The molecule has 0 unspecified atom stereocenters. The number of hydrogen-bond acceptors (Lipinski definition) is 2. The van der Waals surface area contributed by atoms with E-state index >= 15 is 0 Å². The van der Waals surface area contributed by atoms with Gasteiger partial charge >= 0.3 is 0 Å². The molecule has 20 heavy (non-hydrogen) atoms. The lowest BCUT2D eigenvalue weighted by molar-refractivity contribution is 0.300. The van der Waals surface area contributed by atoms with Crippen molar-refractivity contribution in [1.29, 1.82) is 0 Å². The minimum Gasteiger partial charge on any atom is -0.487 e. The van der Waals surface area contributed by atoms with Crippen LogP contribution in [-0.2, 0) is 6.61 Å². The number of halogens is 3. The number of nitrogens with two attached hydrogens (primary N) is 1. The van der Waals surface area contributed by atoms with Crippen LogP contribution in [-0.4, -0.2) is 4.99 Å². The van der Waals surface area contributed by atoms with Gasteiger partial charge in [-0.15, -0.1) is 0 Å². The SMILES string of the molecule is NC(=S)c1ccc(COc2cccc(Cl)c2Cl)c(F)c1. The molecule has 0 atom stereocenters. The lowest BCUT2D eigenvalue weighted by Crippen LogP contribution is -2.10. The van der Waals surface area contributed by atoms with Gasteiger partial charge in [-0.3, -0.25) is 0 Å². The smallest absolute Gasteiger partial charge is 0.139 e. The summed E-state index contributed by atoms with van der Waals surface area (Å²) >= 11 is 16.6. The molecule has 0 radical (unpaired) electrons. The summed E-state index contributed by atoms with van der Waals surface area (Å²) in [6.45, 7) is 0.0313. The molecule has 0 saturated carbocycles. The molecule has 0 aromatic heterocycles. The van der Waals surface area contributed by atoms with Gasteiger partial charge in [0.2, 0.25) is 0 Å². The van der Waals surface area contributed by atoms with Crippen molar-refractivity contribution in [2.45, 2.75) is 6.61 Å². The molecule has 0 aliphatic carbocycles. The molecule has 0 aliphatic rings. The molecule has 0 saturated heterocycles. The lowest BCUT2D eigenvalue weighted by Gasteiger charge is -2.10. The number of ether oxygens (including phenoxy) is 1. The van der Waals surface area contributed by atoms with E-state index in [-0.39, 0.29) is 11.6 Å². The van der Waals surface area contributed by atoms with Crippen molar-refractivity contribution in [1.82, 2.24) is 0 Å². The fourth-order valence-corrected chi connectivity index (χ4v) is 2.04. The minimum absolute atomic E-state index is 0.0313. The summed E-state index contributed by atoms with van der Waals surface area (Å²) in [7, 11) is 0. The van der Waals surface area contributed by atoms with Crippen LogP contribution < -0.4 is 10.5 Å². The summed E-state index contributed by atoms with van der Waals surface area (Å²) < 4.78 is 19.3. The summed E-state index contributed by atoms with van der Waals surface area (Å²) in [5.74, 6) is -0.0366. The monoisotopic (exact) mass is 329 g/mol. The Hall–Kier alpha value is -1.36. The Morgan fingerprint density at radius 1 is 1.25 bits per heavy atom. The largest absolute Gasteiger partial charge is 0.487 e. The molecule has 0 bridgehead atoms. The van der Waals surface area contributed by atoms with Crippen LogP contribution in [0.1, 0.15) is 11.1 Å². The highest BCUT2D eigenvalue weighted by atomic mass is 35.5. The zero-order valence-corrected chi connectivity index (χ0v) is 12.5. The van der Waals surface area contributed by atoms with Gasteiger partial charge in [-0.25, -0.2) is 4.39 Å². The molecule has 2 aromatic rings. The molecule has 0 spiro atoms. The predicted octanol–water partition coefficient (Wildman–Crippen LogP) is 4.35. The van der Waals surface area contributed by atoms with E-state index in [4.69, 9.17) is 45.9 Å². The van der Waals surface area contributed by atoms with Gasteiger partial charge in [0.25, 0.3) is 0 Å². The third-order valence-electron chi connectivity index (χ3n) is 2.64. The van der Waals surface area contributed by atoms with Crippen LogP contribution in [0.2, 0.25) is 10.0 Å². The highest BCUT2D eigenvalue weighted by Crippen LogP contribution is 2.32. The van der Waals surface area contributed by atoms with E-state index < -0.39 is 5.82 Å². The molecule has 0 heterocycles. The van der Waals surface area contributed by atoms with Crippen LogP contribution in [0.5, 0.6) is 5.75 Å². The normalized spacial score (nSPS) is 10.3. The van der Waals surface area contributed by atoms with Gasteiger partial charge in [0.1, 0.15) is 28.2 Å². The third-order valence-corrected chi connectivity index (χ3v) is 3.67. The maximum absolute atomic E-state index is 13.8. The molecule has 0 amide bonds. The molecule has 2 N–H and O–H groups in total. The second-order valence-electron chi connectivity index (χ2n) is 4.01. The highest BCUT2D eigenvalue weighted by molar-refractivity contribution is 7.80. The van der Waals surface area contributed by atoms with Crippen molar-refractivity contribution in [3.8, 4) is 5.75 Å². The molecule has 104 valence electrons. The molecule has 0 aliphatic heterocycles. The van der Waals surface area contributed by atoms with Crippen LogP contribution in [0.3, 0.4) is 0 Å². The molecular weight excluding hydrogens is 320 g/mol. The Morgan fingerprint density at radius 3 is 2.65 bits per heavy atom. The van der Waals surface area contributed by atoms with Crippen LogP contribution in [0.4, 0.5) is 4.39 Å². The molecule has 2 aromatic carbocycles. The van der Waals surface area contributed by atoms with Crippen molar-refractivity contribution in [3.05, 3.63) is 63.4 Å². The second kappa shape index (κ2) is 6.39. The van der Waals surface area contributed by atoms with Crippen molar-refractivity contribution >= 4 is 40.4 Å². The average Bonchev–Trinajstić information content (AvgIpc) is 2.41. The fraction of sp³-hybridized carbons (Fsp3) is 0.0714. The van der Waals surface area contributed by atoms with Crippen LogP contribution in [0, 0.1) is 5.82 Å². The predicted molar refractivity (Wildman–Crippen MR) is 83.1 cm³/mol. The quantitative estimate of drug-likeness (QED) is 0.847. The topological polar surface area (TPSA) is 35.2 Å². The maximum atomic E-state index is 13.8. The van der Waals surface area contributed by atoms with Crippen LogP contribution >= 0.6 is 35.4 Å². The Bertz CT molecular complexity index is 664. The number of rotatable bonds is 4. The zero-order chi connectivity index (χ0) is 14.7. The Kier molecular flexibility index (Phi) is 4.81. The van der Waals surface area contributed by atoms with Gasteiger partial charge in [0.15, 0.2) is 0 Å². The van der Waals surface area contributed by atoms with Gasteiger partial charge < -0.3 is 10.5 Å².